The predicted molar refractivity (Wildman–Crippen MR) is 117 cm³/mol. The highest BCUT2D eigenvalue weighted by atomic mass is 32.2. The van der Waals surface area contributed by atoms with Crippen molar-refractivity contribution >= 4 is 42.6 Å². The minimum absolute atomic E-state index is 0.129. The molecule has 8 nitrogen and oxygen atoms in total. The average Bonchev–Trinajstić information content (AvgIpc) is 3.15. The molecular weight excluding hydrogens is 426 g/mol. The first-order valence-electron chi connectivity index (χ1n) is 9.10. The Morgan fingerprint density at radius 1 is 1.07 bits per heavy atom. The summed E-state index contributed by atoms with van der Waals surface area (Å²) in [5.74, 6) is 0.812. The Kier molecular flexibility index (Phi) is 6.30. The average molecular weight is 450 g/mol. The van der Waals surface area contributed by atoms with Gasteiger partial charge in [-0.3, -0.25) is 10.1 Å². The molecule has 10 heteroatoms. The van der Waals surface area contributed by atoms with Crippen molar-refractivity contribution in [3.8, 4) is 11.5 Å². The number of hydrogen-bond donors (Lipinski definition) is 1. The molecule has 0 aliphatic carbocycles. The van der Waals surface area contributed by atoms with E-state index < -0.39 is 15.9 Å². The number of benzene rings is 2. The Hall–Kier alpha value is -2.69. The van der Waals surface area contributed by atoms with Gasteiger partial charge < -0.3 is 9.47 Å². The summed E-state index contributed by atoms with van der Waals surface area (Å²) in [4.78, 5) is 17.2. The molecule has 160 valence electrons. The topological polar surface area (TPSA) is 97.8 Å². The van der Waals surface area contributed by atoms with Gasteiger partial charge in [-0.25, -0.2) is 13.4 Å². The Bertz CT molecular complexity index is 1130. The number of thiazole rings is 1. The second kappa shape index (κ2) is 8.58. The molecule has 30 heavy (non-hydrogen) atoms. The lowest BCUT2D eigenvalue weighted by molar-refractivity contribution is 0.102. The number of anilines is 1. The summed E-state index contributed by atoms with van der Waals surface area (Å²) in [7, 11) is 1.02. The fraction of sp³-hybridized carbons (Fsp3) is 0.300. The molecule has 0 spiro atoms. The summed E-state index contributed by atoms with van der Waals surface area (Å²) in [6, 6.07) is 9.15. The van der Waals surface area contributed by atoms with Crippen molar-refractivity contribution in [3.05, 3.63) is 42.0 Å². The first-order chi connectivity index (χ1) is 14.2. The molecule has 0 aliphatic heterocycles. The minimum Gasteiger partial charge on any atom is -0.495 e. The number of rotatable bonds is 7. The molecule has 0 atom stereocenters. The third kappa shape index (κ3) is 4.11. The molecule has 0 bridgehead atoms. The van der Waals surface area contributed by atoms with Gasteiger partial charge in [-0.1, -0.05) is 11.3 Å². The van der Waals surface area contributed by atoms with Gasteiger partial charge in [0.15, 0.2) is 5.13 Å². The first kappa shape index (κ1) is 22.0. The number of hydrogen-bond acceptors (Lipinski definition) is 7. The van der Waals surface area contributed by atoms with Gasteiger partial charge in [0.2, 0.25) is 10.0 Å². The quantitative estimate of drug-likeness (QED) is 0.592. The number of methoxy groups -OCH3 is 2. The highest BCUT2D eigenvalue weighted by Gasteiger charge is 2.23. The van der Waals surface area contributed by atoms with Gasteiger partial charge >= 0.3 is 0 Å². The van der Waals surface area contributed by atoms with Crippen LogP contribution < -0.4 is 14.8 Å². The molecule has 0 fully saturated rings. The molecule has 0 saturated heterocycles. The molecule has 1 amide bonds. The van der Waals surface area contributed by atoms with Crippen molar-refractivity contribution in [1.82, 2.24) is 9.29 Å². The van der Waals surface area contributed by atoms with E-state index in [1.54, 1.807) is 40.2 Å². The van der Waals surface area contributed by atoms with E-state index in [4.69, 9.17) is 9.47 Å². The van der Waals surface area contributed by atoms with Crippen LogP contribution in [0.3, 0.4) is 0 Å². The summed E-state index contributed by atoms with van der Waals surface area (Å²) >= 11 is 1.26. The Balaban J connectivity index is 1.85. The minimum atomic E-state index is -3.61. The Labute approximate surface area is 179 Å². The summed E-state index contributed by atoms with van der Waals surface area (Å²) in [5, 5.41) is 3.13. The normalized spacial score (nSPS) is 11.8. The van der Waals surface area contributed by atoms with Crippen molar-refractivity contribution in [2.45, 2.75) is 24.8 Å². The lowest BCUT2D eigenvalue weighted by Gasteiger charge is -2.20. The zero-order valence-electron chi connectivity index (χ0n) is 17.3. The molecule has 1 N–H and O–H groups in total. The molecular formula is C20H23N3O5S2. The maximum atomic E-state index is 12.6. The number of aromatic nitrogens is 1. The fourth-order valence-electron chi connectivity index (χ4n) is 2.73. The lowest BCUT2D eigenvalue weighted by atomic mass is 10.2. The summed E-state index contributed by atoms with van der Waals surface area (Å²) in [5.41, 5.74) is 0.912. The van der Waals surface area contributed by atoms with Crippen molar-refractivity contribution in [2.24, 2.45) is 0 Å². The largest absolute Gasteiger partial charge is 0.495 e. The predicted octanol–water partition coefficient (Wildman–Crippen LogP) is 3.59. The van der Waals surface area contributed by atoms with Gasteiger partial charge in [-0.15, -0.1) is 0 Å². The van der Waals surface area contributed by atoms with Crippen LogP contribution in [-0.2, 0) is 10.0 Å². The van der Waals surface area contributed by atoms with Gasteiger partial charge in [0.1, 0.15) is 21.7 Å². The molecule has 0 radical (unpaired) electrons. The van der Waals surface area contributed by atoms with E-state index in [2.05, 4.69) is 10.3 Å². The van der Waals surface area contributed by atoms with Crippen molar-refractivity contribution in [1.29, 1.82) is 0 Å². The summed E-state index contributed by atoms with van der Waals surface area (Å²) < 4.78 is 37.8. The van der Waals surface area contributed by atoms with Crippen LogP contribution in [-0.4, -0.2) is 50.9 Å². The van der Waals surface area contributed by atoms with Crippen LogP contribution in [0.4, 0.5) is 5.13 Å². The van der Waals surface area contributed by atoms with E-state index in [-0.39, 0.29) is 10.9 Å². The maximum absolute atomic E-state index is 12.6. The number of amides is 1. The highest BCUT2D eigenvalue weighted by Crippen LogP contribution is 2.38. The van der Waals surface area contributed by atoms with Crippen LogP contribution in [0.1, 0.15) is 24.2 Å². The van der Waals surface area contributed by atoms with E-state index in [1.807, 2.05) is 0 Å². The molecule has 0 aliphatic rings. The van der Waals surface area contributed by atoms with E-state index in [9.17, 15) is 13.2 Å². The molecule has 0 unspecified atom stereocenters. The number of fused-ring (bicyclic) bond motifs is 1. The zero-order chi connectivity index (χ0) is 22.1. The van der Waals surface area contributed by atoms with Crippen molar-refractivity contribution in [2.75, 3.05) is 26.6 Å². The van der Waals surface area contributed by atoms with Gasteiger partial charge in [0.25, 0.3) is 5.91 Å². The van der Waals surface area contributed by atoms with Gasteiger partial charge in [0, 0.05) is 18.7 Å². The molecule has 1 aromatic heterocycles. The van der Waals surface area contributed by atoms with Gasteiger partial charge in [0.05, 0.1) is 19.1 Å². The SMILES string of the molecule is COc1ccc(OC)c2sc(NC(=O)c3ccc(S(=O)(=O)N(C)C(C)C)cc3)nc12. The van der Waals surface area contributed by atoms with Gasteiger partial charge in [-0.2, -0.15) is 4.31 Å². The van der Waals surface area contributed by atoms with Crippen LogP contribution in [0.2, 0.25) is 0 Å². The highest BCUT2D eigenvalue weighted by molar-refractivity contribution is 7.89. The number of nitrogens with one attached hydrogen (secondary N) is 1. The maximum Gasteiger partial charge on any atom is 0.257 e. The number of carbonyl (C=O) groups is 1. The van der Waals surface area contributed by atoms with E-state index in [0.29, 0.717) is 27.7 Å². The van der Waals surface area contributed by atoms with Gasteiger partial charge in [-0.05, 0) is 50.2 Å². The third-order valence-corrected chi connectivity index (χ3v) is 7.68. The lowest BCUT2D eigenvalue weighted by Crippen LogP contribution is -2.33. The number of sulfonamides is 1. The monoisotopic (exact) mass is 449 g/mol. The molecule has 1 heterocycles. The van der Waals surface area contributed by atoms with Crippen LogP contribution >= 0.6 is 11.3 Å². The second-order valence-electron chi connectivity index (χ2n) is 6.76. The van der Waals surface area contributed by atoms with Crippen LogP contribution in [0.25, 0.3) is 10.2 Å². The molecule has 0 saturated carbocycles. The summed E-state index contributed by atoms with van der Waals surface area (Å²) in [6.07, 6.45) is 0. The second-order valence-corrected chi connectivity index (χ2v) is 9.76. The smallest absolute Gasteiger partial charge is 0.257 e. The Morgan fingerprint density at radius 2 is 1.67 bits per heavy atom. The molecule has 2 aromatic carbocycles. The molecule has 3 aromatic rings. The van der Waals surface area contributed by atoms with Crippen LogP contribution in [0, 0.1) is 0 Å². The van der Waals surface area contributed by atoms with E-state index in [0.717, 1.165) is 4.70 Å². The standard InChI is InChI=1S/C20H23N3O5S2/c1-12(2)23(3)30(25,26)14-8-6-13(7-9-14)19(24)22-20-21-17-15(27-4)10-11-16(28-5)18(17)29-20/h6-12H,1-5H3,(H,21,22,24). The van der Waals surface area contributed by atoms with Crippen LogP contribution in [0.5, 0.6) is 11.5 Å². The number of nitrogens with zero attached hydrogens (tertiary/aromatic N) is 2. The zero-order valence-corrected chi connectivity index (χ0v) is 18.9. The van der Waals surface area contributed by atoms with Crippen molar-refractivity contribution in [3.63, 3.8) is 0 Å². The molecule has 3 rings (SSSR count). The van der Waals surface area contributed by atoms with E-state index in [1.165, 1.54) is 47.0 Å². The first-order valence-corrected chi connectivity index (χ1v) is 11.4. The third-order valence-electron chi connectivity index (χ3n) is 4.65. The Morgan fingerprint density at radius 3 is 2.23 bits per heavy atom. The summed E-state index contributed by atoms with van der Waals surface area (Å²) in [6.45, 7) is 3.59. The fourth-order valence-corrected chi connectivity index (χ4v) is 5.07. The van der Waals surface area contributed by atoms with E-state index >= 15 is 0 Å². The number of carbonyl (C=O) groups excluding carboxylic acids is 1. The van der Waals surface area contributed by atoms with Crippen LogP contribution in [0.15, 0.2) is 41.3 Å². The van der Waals surface area contributed by atoms with Crippen molar-refractivity contribution < 1.29 is 22.7 Å². The number of ether oxygens (including phenoxy) is 2.